The first kappa shape index (κ1) is 16.8. The van der Waals surface area contributed by atoms with E-state index in [-0.39, 0.29) is 30.2 Å². The second-order valence-corrected chi connectivity index (χ2v) is 4.75. The van der Waals surface area contributed by atoms with E-state index < -0.39 is 23.3 Å². The van der Waals surface area contributed by atoms with Gasteiger partial charge in [-0.25, -0.2) is 17.6 Å². The molecule has 3 nitrogen and oxygen atoms in total. The van der Waals surface area contributed by atoms with Gasteiger partial charge in [0.1, 0.15) is 23.3 Å². The molecule has 0 spiro atoms. The van der Waals surface area contributed by atoms with Gasteiger partial charge in [0.2, 0.25) is 0 Å². The summed E-state index contributed by atoms with van der Waals surface area (Å²) in [6.45, 7) is -0.0101. The molecule has 0 saturated carbocycles. The van der Waals surface area contributed by atoms with Crippen LogP contribution in [0.5, 0.6) is 0 Å². The maximum absolute atomic E-state index is 13.5. The summed E-state index contributed by atoms with van der Waals surface area (Å²) in [7, 11) is 1.47. The molecule has 0 aromatic heterocycles. The van der Waals surface area contributed by atoms with Gasteiger partial charge in [-0.15, -0.1) is 0 Å². The highest BCUT2D eigenvalue weighted by molar-refractivity contribution is 5.79. The van der Waals surface area contributed by atoms with Crippen LogP contribution in [0, 0.1) is 23.3 Å². The van der Waals surface area contributed by atoms with Crippen molar-refractivity contribution in [1.29, 1.82) is 0 Å². The molecule has 0 aliphatic carbocycles. The van der Waals surface area contributed by atoms with E-state index in [4.69, 9.17) is 0 Å². The molecule has 0 amide bonds. The Balaban J connectivity index is 1.96. The second kappa shape index (κ2) is 7.62. The van der Waals surface area contributed by atoms with Gasteiger partial charge >= 0.3 is 0 Å². The number of guanidine groups is 1. The Bertz CT molecular complexity index is 659. The highest BCUT2D eigenvalue weighted by atomic mass is 19.1. The lowest BCUT2D eigenvalue weighted by Gasteiger charge is -2.13. The molecule has 122 valence electrons. The van der Waals surface area contributed by atoms with Crippen molar-refractivity contribution in [3.63, 3.8) is 0 Å². The van der Waals surface area contributed by atoms with Crippen LogP contribution in [0.2, 0.25) is 0 Å². The third-order valence-electron chi connectivity index (χ3n) is 3.13. The second-order valence-electron chi connectivity index (χ2n) is 4.75. The topological polar surface area (TPSA) is 36.4 Å². The van der Waals surface area contributed by atoms with E-state index in [2.05, 4.69) is 15.6 Å². The Morgan fingerprint density at radius 3 is 1.65 bits per heavy atom. The SMILES string of the molecule is CN=C(NCc1cc(F)ccc1F)NCc1cc(F)ccc1F. The minimum Gasteiger partial charge on any atom is -0.352 e. The largest absolute Gasteiger partial charge is 0.352 e. The molecule has 0 bridgehead atoms. The van der Waals surface area contributed by atoms with E-state index in [1.54, 1.807) is 0 Å². The van der Waals surface area contributed by atoms with Crippen LogP contribution in [0.25, 0.3) is 0 Å². The molecule has 2 rings (SSSR count). The summed E-state index contributed by atoms with van der Waals surface area (Å²) in [4.78, 5) is 3.88. The molecule has 0 fully saturated rings. The molecule has 0 radical (unpaired) electrons. The third-order valence-corrected chi connectivity index (χ3v) is 3.13. The normalized spacial score (nSPS) is 10.3. The van der Waals surface area contributed by atoms with Crippen molar-refractivity contribution in [2.45, 2.75) is 13.1 Å². The van der Waals surface area contributed by atoms with Crippen LogP contribution < -0.4 is 10.6 Å². The Kier molecular flexibility index (Phi) is 5.56. The van der Waals surface area contributed by atoms with Crippen LogP contribution >= 0.6 is 0 Å². The minimum atomic E-state index is -0.550. The molecule has 2 N–H and O–H groups in total. The summed E-state index contributed by atoms with van der Waals surface area (Å²) in [5, 5.41) is 5.55. The van der Waals surface area contributed by atoms with Gasteiger partial charge in [-0.3, -0.25) is 4.99 Å². The fraction of sp³-hybridized carbons (Fsp3) is 0.188. The van der Waals surface area contributed by atoms with Crippen molar-refractivity contribution in [2.75, 3.05) is 7.05 Å². The molecule has 0 saturated heterocycles. The average Bonchev–Trinajstić information content (AvgIpc) is 2.53. The molecule has 0 unspecified atom stereocenters. The van der Waals surface area contributed by atoms with Crippen molar-refractivity contribution in [1.82, 2.24) is 10.6 Å². The Morgan fingerprint density at radius 1 is 0.826 bits per heavy atom. The van der Waals surface area contributed by atoms with Gasteiger partial charge in [0.15, 0.2) is 5.96 Å². The molecule has 0 aliphatic rings. The van der Waals surface area contributed by atoms with E-state index in [1.165, 1.54) is 7.05 Å². The monoisotopic (exact) mass is 325 g/mol. The number of rotatable bonds is 4. The zero-order valence-electron chi connectivity index (χ0n) is 12.3. The number of hydrogen-bond acceptors (Lipinski definition) is 1. The molecule has 7 heteroatoms. The van der Waals surface area contributed by atoms with Crippen LogP contribution in [0.3, 0.4) is 0 Å². The van der Waals surface area contributed by atoms with Gasteiger partial charge in [0, 0.05) is 31.3 Å². The molecular formula is C16H15F4N3. The molecule has 2 aromatic rings. The summed E-state index contributed by atoms with van der Waals surface area (Å²) >= 11 is 0. The smallest absolute Gasteiger partial charge is 0.191 e. The molecule has 0 atom stereocenters. The lowest BCUT2D eigenvalue weighted by Crippen LogP contribution is -2.36. The predicted octanol–water partition coefficient (Wildman–Crippen LogP) is 3.11. The average molecular weight is 325 g/mol. The lowest BCUT2D eigenvalue weighted by molar-refractivity contribution is 0.577. The summed E-state index contributed by atoms with van der Waals surface area (Å²) in [6, 6.07) is 6.26. The number of aliphatic imine (C=N–C) groups is 1. The van der Waals surface area contributed by atoms with Gasteiger partial charge < -0.3 is 10.6 Å². The fourth-order valence-electron chi connectivity index (χ4n) is 1.94. The zero-order chi connectivity index (χ0) is 16.8. The van der Waals surface area contributed by atoms with Crippen LogP contribution in [0.15, 0.2) is 41.4 Å². The van der Waals surface area contributed by atoms with E-state index in [0.29, 0.717) is 0 Å². The number of hydrogen-bond donors (Lipinski definition) is 2. The predicted molar refractivity (Wildman–Crippen MR) is 79.8 cm³/mol. The van der Waals surface area contributed by atoms with Gasteiger partial charge in [-0.05, 0) is 36.4 Å². The van der Waals surface area contributed by atoms with E-state index >= 15 is 0 Å². The summed E-state index contributed by atoms with van der Waals surface area (Å²) < 4.78 is 53.2. The van der Waals surface area contributed by atoms with Gasteiger partial charge in [0.25, 0.3) is 0 Å². The van der Waals surface area contributed by atoms with Crippen molar-refractivity contribution in [3.8, 4) is 0 Å². The zero-order valence-corrected chi connectivity index (χ0v) is 12.3. The van der Waals surface area contributed by atoms with Crippen molar-refractivity contribution < 1.29 is 17.6 Å². The van der Waals surface area contributed by atoms with Crippen LogP contribution in [0.1, 0.15) is 11.1 Å². The summed E-state index contributed by atoms with van der Waals surface area (Å²) in [5.74, 6) is -1.95. The third kappa shape index (κ3) is 4.70. The number of nitrogens with zero attached hydrogens (tertiary/aromatic N) is 1. The van der Waals surface area contributed by atoms with Crippen LogP contribution in [0.4, 0.5) is 17.6 Å². The Labute approximate surface area is 131 Å². The van der Waals surface area contributed by atoms with Crippen molar-refractivity contribution >= 4 is 5.96 Å². The van der Waals surface area contributed by atoms with E-state index in [1.807, 2.05) is 0 Å². The molecule has 0 aliphatic heterocycles. The van der Waals surface area contributed by atoms with Crippen LogP contribution in [-0.2, 0) is 13.1 Å². The van der Waals surface area contributed by atoms with Crippen molar-refractivity contribution in [2.24, 2.45) is 4.99 Å². The molecule has 2 aromatic carbocycles. The molecule has 0 heterocycles. The minimum absolute atomic E-state index is 0.00506. The quantitative estimate of drug-likeness (QED) is 0.515. The van der Waals surface area contributed by atoms with Gasteiger partial charge in [0.05, 0.1) is 0 Å². The Hall–Kier alpha value is -2.57. The van der Waals surface area contributed by atoms with E-state index in [0.717, 1.165) is 36.4 Å². The maximum Gasteiger partial charge on any atom is 0.191 e. The highest BCUT2D eigenvalue weighted by Gasteiger charge is 2.07. The Morgan fingerprint density at radius 2 is 1.26 bits per heavy atom. The maximum atomic E-state index is 13.5. The fourth-order valence-corrected chi connectivity index (χ4v) is 1.94. The summed E-state index contributed by atoms with van der Waals surface area (Å²) in [5.41, 5.74) is 0.259. The first-order valence-corrected chi connectivity index (χ1v) is 6.82. The number of benzene rings is 2. The van der Waals surface area contributed by atoms with Crippen LogP contribution in [-0.4, -0.2) is 13.0 Å². The first-order valence-electron chi connectivity index (χ1n) is 6.82. The standard InChI is InChI=1S/C16H15F4N3/c1-21-16(22-8-10-6-12(17)2-4-14(10)19)23-9-11-7-13(18)3-5-15(11)20/h2-7H,8-9H2,1H3,(H2,21,22,23). The molecular weight excluding hydrogens is 310 g/mol. The highest BCUT2D eigenvalue weighted by Crippen LogP contribution is 2.10. The van der Waals surface area contributed by atoms with Crippen molar-refractivity contribution in [3.05, 3.63) is 70.8 Å². The van der Waals surface area contributed by atoms with Gasteiger partial charge in [-0.2, -0.15) is 0 Å². The first-order chi connectivity index (χ1) is 11.0. The lowest BCUT2D eigenvalue weighted by atomic mass is 10.2. The van der Waals surface area contributed by atoms with E-state index in [9.17, 15) is 17.6 Å². The summed E-state index contributed by atoms with van der Waals surface area (Å²) in [6.07, 6.45) is 0. The van der Waals surface area contributed by atoms with Gasteiger partial charge in [-0.1, -0.05) is 0 Å². The number of halogens is 4. The molecule has 23 heavy (non-hydrogen) atoms. The number of nitrogens with one attached hydrogen (secondary N) is 2.